The second-order valence-corrected chi connectivity index (χ2v) is 5.41. The van der Waals surface area contributed by atoms with Crippen molar-refractivity contribution in [3.8, 4) is 0 Å². The van der Waals surface area contributed by atoms with Gasteiger partial charge in [-0.1, -0.05) is 13.8 Å². The van der Waals surface area contributed by atoms with E-state index in [2.05, 4.69) is 15.3 Å². The fourth-order valence-corrected chi connectivity index (χ4v) is 2.61. The van der Waals surface area contributed by atoms with Crippen LogP contribution in [0.25, 0.3) is 11.0 Å². The van der Waals surface area contributed by atoms with Gasteiger partial charge in [-0.05, 0) is 25.0 Å². The van der Waals surface area contributed by atoms with Crippen LogP contribution in [0, 0.1) is 11.2 Å². The van der Waals surface area contributed by atoms with E-state index in [1.165, 1.54) is 19.5 Å². The number of nitrogens with one attached hydrogen (secondary N) is 2. The third-order valence-corrected chi connectivity index (χ3v) is 4.29. The van der Waals surface area contributed by atoms with Crippen LogP contribution in [0.5, 0.6) is 0 Å². The van der Waals surface area contributed by atoms with Gasteiger partial charge in [-0.2, -0.15) is 0 Å². The Labute approximate surface area is 133 Å². The number of H-pyrrole nitrogens is 1. The number of aromatic amines is 1. The Bertz CT molecular complexity index is 722. The number of methoxy groups -OCH3 is 1. The number of esters is 1. The van der Waals surface area contributed by atoms with Crippen molar-refractivity contribution in [1.82, 2.24) is 15.3 Å². The molecule has 2 N–H and O–H groups in total. The quantitative estimate of drug-likeness (QED) is 0.800. The molecule has 1 amide bonds. The third-order valence-electron chi connectivity index (χ3n) is 4.29. The number of hydrogen-bond acceptors (Lipinski definition) is 4. The van der Waals surface area contributed by atoms with Gasteiger partial charge in [-0.25, -0.2) is 9.37 Å². The van der Waals surface area contributed by atoms with E-state index in [-0.39, 0.29) is 18.1 Å². The Balaban J connectivity index is 2.24. The van der Waals surface area contributed by atoms with Gasteiger partial charge in [0, 0.05) is 6.54 Å². The topological polar surface area (TPSA) is 84.1 Å². The molecule has 124 valence electrons. The van der Waals surface area contributed by atoms with Crippen LogP contribution >= 0.6 is 0 Å². The van der Waals surface area contributed by atoms with Crippen LogP contribution in [0.3, 0.4) is 0 Å². The number of imidazole rings is 1. The molecule has 23 heavy (non-hydrogen) atoms. The van der Waals surface area contributed by atoms with Gasteiger partial charge in [0.05, 0.1) is 29.9 Å². The Morgan fingerprint density at radius 3 is 2.65 bits per heavy atom. The molecular formula is C16H20FN3O3. The van der Waals surface area contributed by atoms with Gasteiger partial charge in [0.2, 0.25) is 0 Å². The molecule has 0 saturated carbocycles. The molecule has 0 bridgehead atoms. The SMILES string of the molecule is CCC(CC)(CNC(=O)c1cc(F)cc2[nH]cnc12)C(=O)OC. The zero-order valence-corrected chi connectivity index (χ0v) is 13.4. The first kappa shape index (κ1) is 16.9. The summed E-state index contributed by atoms with van der Waals surface area (Å²) in [5, 5.41) is 2.71. The largest absolute Gasteiger partial charge is 0.469 e. The number of nitrogens with zero attached hydrogens (tertiary/aromatic N) is 1. The lowest BCUT2D eigenvalue weighted by molar-refractivity contribution is -0.152. The Morgan fingerprint density at radius 1 is 1.35 bits per heavy atom. The molecule has 6 nitrogen and oxygen atoms in total. The van der Waals surface area contributed by atoms with Crippen molar-refractivity contribution < 1.29 is 18.7 Å². The van der Waals surface area contributed by atoms with Gasteiger partial charge >= 0.3 is 5.97 Å². The van der Waals surface area contributed by atoms with Crippen molar-refractivity contribution in [2.45, 2.75) is 26.7 Å². The number of rotatable bonds is 6. The molecule has 0 aliphatic rings. The monoisotopic (exact) mass is 321 g/mol. The molecule has 0 fully saturated rings. The van der Waals surface area contributed by atoms with E-state index < -0.39 is 17.1 Å². The molecule has 2 aromatic rings. The molecule has 0 aliphatic heterocycles. The Kier molecular flexibility index (Phi) is 4.98. The first-order valence-electron chi connectivity index (χ1n) is 7.46. The molecule has 1 aromatic heterocycles. The zero-order chi connectivity index (χ0) is 17.0. The fraction of sp³-hybridized carbons (Fsp3) is 0.438. The van der Waals surface area contributed by atoms with E-state index in [0.29, 0.717) is 23.9 Å². The highest BCUT2D eigenvalue weighted by molar-refractivity contribution is 6.05. The smallest absolute Gasteiger partial charge is 0.313 e. The maximum absolute atomic E-state index is 13.6. The summed E-state index contributed by atoms with van der Waals surface area (Å²) in [5.41, 5.74) is 0.177. The lowest BCUT2D eigenvalue weighted by Gasteiger charge is -2.28. The summed E-state index contributed by atoms with van der Waals surface area (Å²) in [6, 6.07) is 2.41. The summed E-state index contributed by atoms with van der Waals surface area (Å²) >= 11 is 0. The van der Waals surface area contributed by atoms with Crippen LogP contribution in [0.4, 0.5) is 4.39 Å². The standard InChI is InChI=1S/C16H20FN3O3/c1-4-16(5-2,15(22)23-3)8-18-14(21)11-6-10(17)7-12-13(11)20-9-19-12/h6-7,9H,4-5,8H2,1-3H3,(H,18,21)(H,19,20). The van der Waals surface area contributed by atoms with E-state index in [1.54, 1.807) is 0 Å². The van der Waals surface area contributed by atoms with Gasteiger partial charge in [0.25, 0.3) is 5.91 Å². The predicted octanol–water partition coefficient (Wildman–Crippen LogP) is 2.41. The normalized spacial score (nSPS) is 11.5. The fourth-order valence-electron chi connectivity index (χ4n) is 2.61. The van der Waals surface area contributed by atoms with E-state index in [1.807, 2.05) is 13.8 Å². The molecule has 0 radical (unpaired) electrons. The minimum Gasteiger partial charge on any atom is -0.469 e. The number of fused-ring (bicyclic) bond motifs is 1. The van der Waals surface area contributed by atoms with E-state index in [4.69, 9.17) is 4.74 Å². The number of amides is 1. The van der Waals surface area contributed by atoms with Crippen LogP contribution in [0.1, 0.15) is 37.0 Å². The molecule has 2 rings (SSSR count). The minimum atomic E-state index is -0.789. The lowest BCUT2D eigenvalue weighted by atomic mass is 9.82. The van der Waals surface area contributed by atoms with Crippen LogP contribution in [-0.4, -0.2) is 35.5 Å². The van der Waals surface area contributed by atoms with Gasteiger partial charge in [-0.15, -0.1) is 0 Å². The van der Waals surface area contributed by atoms with E-state index in [9.17, 15) is 14.0 Å². The maximum atomic E-state index is 13.6. The van der Waals surface area contributed by atoms with Crippen molar-refractivity contribution in [3.63, 3.8) is 0 Å². The summed E-state index contributed by atoms with van der Waals surface area (Å²) in [4.78, 5) is 31.2. The van der Waals surface area contributed by atoms with Crippen LogP contribution in [0.15, 0.2) is 18.5 Å². The van der Waals surface area contributed by atoms with Crippen molar-refractivity contribution in [2.24, 2.45) is 5.41 Å². The lowest BCUT2D eigenvalue weighted by Crippen LogP contribution is -2.43. The van der Waals surface area contributed by atoms with Gasteiger partial charge in [0.15, 0.2) is 0 Å². The van der Waals surface area contributed by atoms with E-state index >= 15 is 0 Å². The maximum Gasteiger partial charge on any atom is 0.313 e. The highest BCUT2D eigenvalue weighted by Gasteiger charge is 2.36. The Hall–Kier alpha value is -2.44. The average molecular weight is 321 g/mol. The van der Waals surface area contributed by atoms with Gasteiger partial charge in [-0.3, -0.25) is 9.59 Å². The summed E-state index contributed by atoms with van der Waals surface area (Å²) in [7, 11) is 1.32. The number of benzene rings is 1. The number of carbonyl (C=O) groups excluding carboxylic acids is 2. The Morgan fingerprint density at radius 2 is 2.04 bits per heavy atom. The molecule has 1 aromatic carbocycles. The molecule has 0 saturated heterocycles. The highest BCUT2D eigenvalue weighted by Crippen LogP contribution is 2.27. The molecule has 0 aliphatic carbocycles. The molecule has 0 spiro atoms. The van der Waals surface area contributed by atoms with Gasteiger partial charge in [0.1, 0.15) is 11.3 Å². The molecule has 1 heterocycles. The second kappa shape index (κ2) is 6.76. The number of halogens is 1. The minimum absolute atomic E-state index is 0.119. The number of hydrogen-bond donors (Lipinski definition) is 2. The first-order valence-corrected chi connectivity index (χ1v) is 7.46. The van der Waals surface area contributed by atoms with Crippen LogP contribution in [-0.2, 0) is 9.53 Å². The summed E-state index contributed by atoms with van der Waals surface area (Å²) in [6.07, 6.45) is 2.45. The van der Waals surface area contributed by atoms with Crippen molar-refractivity contribution in [3.05, 3.63) is 29.8 Å². The average Bonchev–Trinajstić information content (AvgIpc) is 3.02. The number of carbonyl (C=O) groups is 2. The molecule has 7 heteroatoms. The molecule has 0 unspecified atom stereocenters. The zero-order valence-electron chi connectivity index (χ0n) is 13.4. The van der Waals surface area contributed by atoms with Gasteiger partial charge < -0.3 is 15.0 Å². The molecular weight excluding hydrogens is 301 g/mol. The van der Waals surface area contributed by atoms with Crippen LogP contribution in [0.2, 0.25) is 0 Å². The summed E-state index contributed by atoms with van der Waals surface area (Å²) < 4.78 is 18.5. The van der Waals surface area contributed by atoms with Crippen LogP contribution < -0.4 is 5.32 Å². The van der Waals surface area contributed by atoms with E-state index in [0.717, 1.165) is 6.07 Å². The summed E-state index contributed by atoms with van der Waals surface area (Å²) in [5.74, 6) is -1.37. The second-order valence-electron chi connectivity index (χ2n) is 5.41. The van der Waals surface area contributed by atoms with Crippen molar-refractivity contribution in [2.75, 3.05) is 13.7 Å². The molecule has 0 atom stereocenters. The van der Waals surface area contributed by atoms with Crippen molar-refractivity contribution >= 4 is 22.9 Å². The number of aromatic nitrogens is 2. The van der Waals surface area contributed by atoms with Crippen molar-refractivity contribution in [1.29, 1.82) is 0 Å². The number of ether oxygens (including phenoxy) is 1. The highest BCUT2D eigenvalue weighted by atomic mass is 19.1. The first-order chi connectivity index (χ1) is 11.0. The predicted molar refractivity (Wildman–Crippen MR) is 83.4 cm³/mol. The third kappa shape index (κ3) is 3.18. The summed E-state index contributed by atoms with van der Waals surface area (Å²) in [6.45, 7) is 3.84.